The molecule has 0 aliphatic heterocycles. The third-order valence-corrected chi connectivity index (χ3v) is 3.68. The van der Waals surface area contributed by atoms with Crippen LogP contribution in [0.25, 0.3) is 11.0 Å². The molecule has 0 saturated carbocycles. The lowest BCUT2D eigenvalue weighted by Crippen LogP contribution is -2.06. The molecule has 0 aliphatic rings. The predicted octanol–water partition coefficient (Wildman–Crippen LogP) is 5.57. The molecule has 0 aliphatic carbocycles. The van der Waals surface area contributed by atoms with Crippen LogP contribution in [-0.2, 0) is 0 Å². The van der Waals surface area contributed by atoms with Crippen molar-refractivity contribution in [3.05, 3.63) is 64.9 Å². The van der Waals surface area contributed by atoms with E-state index in [1.54, 1.807) is 0 Å². The van der Waals surface area contributed by atoms with Crippen LogP contribution in [0.4, 0.5) is 5.69 Å². The second kappa shape index (κ2) is 5.22. The minimum Gasteiger partial charge on any atom is -0.459 e. The van der Waals surface area contributed by atoms with Gasteiger partial charge in [0.15, 0.2) is 0 Å². The summed E-state index contributed by atoms with van der Waals surface area (Å²) in [4.78, 5) is 0. The van der Waals surface area contributed by atoms with Gasteiger partial charge in [0, 0.05) is 16.1 Å². The van der Waals surface area contributed by atoms with Crippen molar-refractivity contribution in [2.45, 2.75) is 19.9 Å². The van der Waals surface area contributed by atoms with Gasteiger partial charge in [-0.3, -0.25) is 0 Å². The maximum Gasteiger partial charge on any atom is 0.134 e. The first-order valence-corrected chi connectivity index (χ1v) is 7.02. The molecule has 0 fully saturated rings. The second-order valence-electron chi connectivity index (χ2n) is 5.01. The van der Waals surface area contributed by atoms with E-state index in [1.807, 2.05) is 36.4 Å². The molecule has 0 bridgehead atoms. The van der Waals surface area contributed by atoms with Gasteiger partial charge in [0.1, 0.15) is 11.3 Å². The third kappa shape index (κ3) is 2.52. The van der Waals surface area contributed by atoms with Crippen molar-refractivity contribution in [2.75, 3.05) is 5.32 Å². The van der Waals surface area contributed by atoms with Crippen LogP contribution in [0.15, 0.2) is 52.9 Å². The number of aryl methyl sites for hydroxylation is 1. The summed E-state index contributed by atoms with van der Waals surface area (Å²) < 4.78 is 5.88. The van der Waals surface area contributed by atoms with Gasteiger partial charge in [0.25, 0.3) is 0 Å². The van der Waals surface area contributed by atoms with E-state index in [4.69, 9.17) is 16.0 Å². The maximum absolute atomic E-state index is 6.05. The van der Waals surface area contributed by atoms with Gasteiger partial charge in [0.05, 0.1) is 6.04 Å². The summed E-state index contributed by atoms with van der Waals surface area (Å²) in [7, 11) is 0. The number of para-hydroxylation sites is 1. The van der Waals surface area contributed by atoms with Gasteiger partial charge in [-0.1, -0.05) is 35.9 Å². The van der Waals surface area contributed by atoms with Gasteiger partial charge < -0.3 is 9.73 Å². The summed E-state index contributed by atoms with van der Waals surface area (Å²) in [6, 6.07) is 16.0. The van der Waals surface area contributed by atoms with Crippen LogP contribution >= 0.6 is 11.6 Å². The number of hydrogen-bond donors (Lipinski definition) is 1. The zero-order chi connectivity index (χ0) is 14.1. The molecule has 2 nitrogen and oxygen atoms in total. The van der Waals surface area contributed by atoms with Gasteiger partial charge in [0.2, 0.25) is 0 Å². The van der Waals surface area contributed by atoms with Gasteiger partial charge in [-0.05, 0) is 43.7 Å². The zero-order valence-electron chi connectivity index (χ0n) is 11.5. The highest BCUT2D eigenvalue weighted by Crippen LogP contribution is 2.28. The summed E-state index contributed by atoms with van der Waals surface area (Å²) in [5.74, 6) is 0.922. The Hall–Kier alpha value is -1.93. The number of anilines is 1. The Morgan fingerprint density at radius 3 is 2.70 bits per heavy atom. The van der Waals surface area contributed by atoms with Crippen LogP contribution in [0.1, 0.15) is 24.3 Å². The number of furan rings is 1. The summed E-state index contributed by atoms with van der Waals surface area (Å²) >= 11 is 6.05. The Bertz CT molecular complexity index is 715. The fourth-order valence-corrected chi connectivity index (χ4v) is 2.44. The molecule has 3 aromatic rings. The van der Waals surface area contributed by atoms with E-state index in [0.29, 0.717) is 0 Å². The molecule has 3 rings (SSSR count). The highest BCUT2D eigenvalue weighted by atomic mass is 35.5. The van der Waals surface area contributed by atoms with Crippen molar-refractivity contribution >= 4 is 28.3 Å². The molecule has 0 radical (unpaired) electrons. The van der Waals surface area contributed by atoms with Crippen LogP contribution in [0.2, 0.25) is 5.02 Å². The standard InChI is InChI=1S/C17H16ClNO/c1-11-7-8-14(18)10-15(11)19-12(2)17-9-13-5-3-4-6-16(13)20-17/h3-10,12,19H,1-2H3. The smallest absolute Gasteiger partial charge is 0.134 e. The van der Waals surface area contributed by atoms with Gasteiger partial charge in [-0.15, -0.1) is 0 Å². The molecule has 20 heavy (non-hydrogen) atoms. The molecular formula is C17H16ClNO. The summed E-state index contributed by atoms with van der Waals surface area (Å²) in [5, 5.41) is 5.31. The first kappa shape index (κ1) is 13.1. The van der Waals surface area contributed by atoms with Crippen molar-refractivity contribution in [2.24, 2.45) is 0 Å². The minimum atomic E-state index is 0.0829. The van der Waals surface area contributed by atoms with Crippen molar-refractivity contribution in [3.8, 4) is 0 Å². The van der Waals surface area contributed by atoms with E-state index >= 15 is 0 Å². The lowest BCUT2D eigenvalue weighted by Gasteiger charge is -2.15. The van der Waals surface area contributed by atoms with E-state index in [0.717, 1.165) is 33.0 Å². The average Bonchev–Trinajstić information content (AvgIpc) is 2.87. The molecular weight excluding hydrogens is 270 g/mol. The van der Waals surface area contributed by atoms with Crippen LogP contribution in [-0.4, -0.2) is 0 Å². The first-order chi connectivity index (χ1) is 9.63. The molecule has 102 valence electrons. The Kier molecular flexibility index (Phi) is 3.41. The molecule has 0 amide bonds. The lowest BCUT2D eigenvalue weighted by atomic mass is 10.1. The minimum absolute atomic E-state index is 0.0829. The molecule has 1 aromatic heterocycles. The Morgan fingerprint density at radius 1 is 1.10 bits per heavy atom. The SMILES string of the molecule is Cc1ccc(Cl)cc1NC(C)c1cc2ccccc2o1. The van der Waals surface area contributed by atoms with Gasteiger partial charge >= 0.3 is 0 Å². The van der Waals surface area contributed by atoms with Gasteiger partial charge in [-0.25, -0.2) is 0 Å². The van der Waals surface area contributed by atoms with Crippen molar-refractivity contribution in [1.29, 1.82) is 0 Å². The van der Waals surface area contributed by atoms with Crippen molar-refractivity contribution < 1.29 is 4.42 Å². The molecule has 2 aromatic carbocycles. The van der Waals surface area contributed by atoms with Crippen molar-refractivity contribution in [1.82, 2.24) is 0 Å². The quantitative estimate of drug-likeness (QED) is 0.681. The predicted molar refractivity (Wildman–Crippen MR) is 84.4 cm³/mol. The molecule has 3 heteroatoms. The van der Waals surface area contributed by atoms with Gasteiger partial charge in [-0.2, -0.15) is 0 Å². The Morgan fingerprint density at radius 2 is 1.90 bits per heavy atom. The van der Waals surface area contributed by atoms with Crippen molar-refractivity contribution in [3.63, 3.8) is 0 Å². The largest absolute Gasteiger partial charge is 0.459 e. The number of halogens is 1. The van der Waals surface area contributed by atoms with E-state index in [1.165, 1.54) is 0 Å². The molecule has 1 unspecified atom stereocenters. The summed E-state index contributed by atoms with van der Waals surface area (Å²) in [6.07, 6.45) is 0. The molecule has 1 N–H and O–H groups in total. The number of benzene rings is 2. The topological polar surface area (TPSA) is 25.2 Å². The van der Waals surface area contributed by atoms with E-state index in [9.17, 15) is 0 Å². The molecule has 1 heterocycles. The van der Waals surface area contributed by atoms with Crippen LogP contribution in [0, 0.1) is 6.92 Å². The van der Waals surface area contributed by atoms with Crippen LogP contribution in [0.5, 0.6) is 0 Å². The number of fused-ring (bicyclic) bond motifs is 1. The first-order valence-electron chi connectivity index (χ1n) is 6.64. The maximum atomic E-state index is 6.05. The highest BCUT2D eigenvalue weighted by Gasteiger charge is 2.12. The lowest BCUT2D eigenvalue weighted by molar-refractivity contribution is 0.526. The number of nitrogens with one attached hydrogen (secondary N) is 1. The second-order valence-corrected chi connectivity index (χ2v) is 5.45. The average molecular weight is 286 g/mol. The third-order valence-electron chi connectivity index (χ3n) is 3.44. The Balaban J connectivity index is 1.88. The normalized spacial score (nSPS) is 12.6. The molecule has 1 atom stereocenters. The summed E-state index contributed by atoms with van der Waals surface area (Å²) in [5.41, 5.74) is 3.11. The fraction of sp³-hybridized carbons (Fsp3) is 0.176. The monoisotopic (exact) mass is 285 g/mol. The van der Waals surface area contributed by atoms with Crippen LogP contribution < -0.4 is 5.32 Å². The van der Waals surface area contributed by atoms with E-state index < -0.39 is 0 Å². The number of hydrogen-bond acceptors (Lipinski definition) is 2. The van der Waals surface area contributed by atoms with Crippen LogP contribution in [0.3, 0.4) is 0 Å². The van der Waals surface area contributed by atoms with E-state index in [2.05, 4.69) is 31.3 Å². The Labute approximate surface area is 123 Å². The van der Waals surface area contributed by atoms with E-state index in [-0.39, 0.29) is 6.04 Å². The zero-order valence-corrected chi connectivity index (χ0v) is 12.2. The highest BCUT2D eigenvalue weighted by molar-refractivity contribution is 6.30. The fourth-order valence-electron chi connectivity index (χ4n) is 2.27. The summed E-state index contributed by atoms with van der Waals surface area (Å²) in [6.45, 7) is 4.14. The molecule has 0 spiro atoms. The molecule has 0 saturated heterocycles. The number of rotatable bonds is 3.